The molecule has 0 bridgehead atoms. The third-order valence-corrected chi connectivity index (χ3v) is 2.50. The summed E-state index contributed by atoms with van der Waals surface area (Å²) in [4.78, 5) is 26.9. The van der Waals surface area contributed by atoms with Gasteiger partial charge in [-0.1, -0.05) is 0 Å². The molecule has 1 heterocycles. The number of halogens is 2. The lowest BCUT2D eigenvalue weighted by molar-refractivity contribution is -0.155. The van der Waals surface area contributed by atoms with E-state index in [1.807, 2.05) is 0 Å². The molecule has 0 saturated carbocycles. The average Bonchev–Trinajstić information content (AvgIpc) is 2.32. The van der Waals surface area contributed by atoms with Crippen LogP contribution in [0.25, 0.3) is 0 Å². The van der Waals surface area contributed by atoms with Crippen LogP contribution in [0.2, 0.25) is 0 Å². The summed E-state index contributed by atoms with van der Waals surface area (Å²) in [6, 6.07) is 1.11. The molecule has 1 rings (SSSR count). The standard InChI is InChI=1S/C11H11BrFNO4/c1-3-18-11(16)8(10(15)17-2)9-7(13)4-6(12)5-14-9/h4-5,8H,3H2,1-2H3. The van der Waals surface area contributed by atoms with Crippen molar-refractivity contribution in [1.82, 2.24) is 4.98 Å². The SMILES string of the molecule is CCOC(=O)C(C(=O)OC)c1ncc(Br)cc1F. The largest absolute Gasteiger partial charge is 0.468 e. The van der Waals surface area contributed by atoms with E-state index in [0.717, 1.165) is 13.2 Å². The molecule has 0 aliphatic heterocycles. The monoisotopic (exact) mass is 319 g/mol. The number of carbonyl (C=O) groups is 2. The highest BCUT2D eigenvalue weighted by molar-refractivity contribution is 9.10. The van der Waals surface area contributed by atoms with E-state index in [-0.39, 0.29) is 12.3 Å². The smallest absolute Gasteiger partial charge is 0.326 e. The molecule has 1 atom stereocenters. The summed E-state index contributed by atoms with van der Waals surface area (Å²) in [5, 5.41) is 0. The zero-order valence-corrected chi connectivity index (χ0v) is 11.4. The molecule has 1 aromatic rings. The summed E-state index contributed by atoms with van der Waals surface area (Å²) in [7, 11) is 1.10. The van der Waals surface area contributed by atoms with Gasteiger partial charge >= 0.3 is 11.9 Å². The summed E-state index contributed by atoms with van der Waals surface area (Å²) in [5.41, 5.74) is -0.316. The second kappa shape index (κ2) is 6.44. The number of nitrogens with zero attached hydrogens (tertiary/aromatic N) is 1. The number of methoxy groups -OCH3 is 1. The minimum absolute atomic E-state index is 0.0739. The average molecular weight is 320 g/mol. The molecule has 18 heavy (non-hydrogen) atoms. The highest BCUT2D eigenvalue weighted by atomic mass is 79.9. The molecule has 1 unspecified atom stereocenters. The molecule has 0 radical (unpaired) electrons. The van der Waals surface area contributed by atoms with Gasteiger partial charge in [0.1, 0.15) is 11.5 Å². The number of aromatic nitrogens is 1. The minimum atomic E-state index is -1.51. The van der Waals surface area contributed by atoms with E-state index >= 15 is 0 Å². The number of rotatable bonds is 4. The lowest BCUT2D eigenvalue weighted by Crippen LogP contribution is -2.27. The molecule has 1 aromatic heterocycles. The van der Waals surface area contributed by atoms with Gasteiger partial charge in [0.15, 0.2) is 5.92 Å². The van der Waals surface area contributed by atoms with Gasteiger partial charge in [-0.25, -0.2) is 4.39 Å². The van der Waals surface area contributed by atoms with Crippen molar-refractivity contribution >= 4 is 27.9 Å². The quantitative estimate of drug-likeness (QED) is 0.625. The van der Waals surface area contributed by atoms with Crippen LogP contribution >= 0.6 is 15.9 Å². The topological polar surface area (TPSA) is 65.5 Å². The fourth-order valence-corrected chi connectivity index (χ4v) is 1.60. The van der Waals surface area contributed by atoms with Gasteiger partial charge < -0.3 is 9.47 Å². The van der Waals surface area contributed by atoms with E-state index < -0.39 is 23.7 Å². The van der Waals surface area contributed by atoms with Crippen LogP contribution in [0.4, 0.5) is 4.39 Å². The number of pyridine rings is 1. The van der Waals surface area contributed by atoms with Gasteiger partial charge in [-0.05, 0) is 28.9 Å². The van der Waals surface area contributed by atoms with Crippen molar-refractivity contribution in [2.45, 2.75) is 12.8 Å². The highest BCUT2D eigenvalue weighted by Crippen LogP contribution is 2.22. The first-order chi connectivity index (χ1) is 8.51. The van der Waals surface area contributed by atoms with E-state index in [0.29, 0.717) is 4.47 Å². The molecule has 0 amide bonds. The lowest BCUT2D eigenvalue weighted by atomic mass is 10.0. The van der Waals surface area contributed by atoms with Crippen LogP contribution in [-0.4, -0.2) is 30.6 Å². The van der Waals surface area contributed by atoms with Gasteiger partial charge in [-0.3, -0.25) is 14.6 Å². The Balaban J connectivity index is 3.17. The number of ether oxygens (including phenoxy) is 2. The molecule has 7 heteroatoms. The molecular weight excluding hydrogens is 309 g/mol. The van der Waals surface area contributed by atoms with Gasteiger partial charge in [0, 0.05) is 10.7 Å². The van der Waals surface area contributed by atoms with Crippen LogP contribution in [0, 0.1) is 5.82 Å². The predicted octanol–water partition coefficient (Wildman–Crippen LogP) is 1.80. The minimum Gasteiger partial charge on any atom is -0.468 e. The lowest BCUT2D eigenvalue weighted by Gasteiger charge is -2.13. The van der Waals surface area contributed by atoms with Crippen molar-refractivity contribution < 1.29 is 23.5 Å². The van der Waals surface area contributed by atoms with Gasteiger partial charge in [-0.15, -0.1) is 0 Å². The number of hydrogen-bond acceptors (Lipinski definition) is 5. The van der Waals surface area contributed by atoms with E-state index in [4.69, 9.17) is 4.74 Å². The predicted molar refractivity (Wildman–Crippen MR) is 63.3 cm³/mol. The Morgan fingerprint density at radius 1 is 1.50 bits per heavy atom. The van der Waals surface area contributed by atoms with Gasteiger partial charge in [0.25, 0.3) is 0 Å². The van der Waals surface area contributed by atoms with E-state index in [9.17, 15) is 14.0 Å². The maximum Gasteiger partial charge on any atom is 0.326 e. The van der Waals surface area contributed by atoms with E-state index in [1.54, 1.807) is 6.92 Å². The third kappa shape index (κ3) is 3.25. The first-order valence-electron chi connectivity index (χ1n) is 5.06. The highest BCUT2D eigenvalue weighted by Gasteiger charge is 2.34. The zero-order chi connectivity index (χ0) is 13.7. The Morgan fingerprint density at radius 2 is 2.17 bits per heavy atom. The zero-order valence-electron chi connectivity index (χ0n) is 9.78. The van der Waals surface area contributed by atoms with E-state index in [2.05, 4.69) is 25.7 Å². The van der Waals surface area contributed by atoms with Crippen molar-refractivity contribution in [2.75, 3.05) is 13.7 Å². The fraction of sp³-hybridized carbons (Fsp3) is 0.364. The van der Waals surface area contributed by atoms with Crippen molar-refractivity contribution in [3.63, 3.8) is 0 Å². The first kappa shape index (κ1) is 14.6. The Morgan fingerprint density at radius 3 is 2.67 bits per heavy atom. The molecule has 0 spiro atoms. The molecule has 0 fully saturated rings. The van der Waals surface area contributed by atoms with Gasteiger partial charge in [0.2, 0.25) is 0 Å². The normalized spacial score (nSPS) is 11.8. The van der Waals surface area contributed by atoms with Crippen LogP contribution in [0.3, 0.4) is 0 Å². The molecule has 0 aliphatic carbocycles. The maximum atomic E-state index is 13.7. The maximum absolute atomic E-state index is 13.7. The molecule has 5 nitrogen and oxygen atoms in total. The number of carbonyl (C=O) groups excluding carboxylic acids is 2. The van der Waals surface area contributed by atoms with Crippen LogP contribution in [0.1, 0.15) is 18.5 Å². The number of esters is 2. The van der Waals surface area contributed by atoms with Crippen molar-refractivity contribution in [1.29, 1.82) is 0 Å². The first-order valence-corrected chi connectivity index (χ1v) is 5.86. The van der Waals surface area contributed by atoms with Crippen molar-refractivity contribution in [2.24, 2.45) is 0 Å². The number of hydrogen-bond donors (Lipinski definition) is 0. The summed E-state index contributed by atoms with van der Waals surface area (Å²) in [6.07, 6.45) is 1.29. The Kier molecular flexibility index (Phi) is 5.21. The van der Waals surface area contributed by atoms with Gasteiger partial charge in [0.05, 0.1) is 13.7 Å². The molecule has 98 valence electrons. The third-order valence-electron chi connectivity index (χ3n) is 2.07. The summed E-state index contributed by atoms with van der Waals surface area (Å²) in [5.74, 6) is -4.10. The second-order valence-electron chi connectivity index (χ2n) is 3.23. The Labute approximate surface area is 111 Å². The fourth-order valence-electron chi connectivity index (χ4n) is 1.30. The Bertz CT molecular complexity index is 466. The molecular formula is C11H11BrFNO4. The van der Waals surface area contributed by atoms with E-state index in [1.165, 1.54) is 6.20 Å². The second-order valence-corrected chi connectivity index (χ2v) is 4.14. The van der Waals surface area contributed by atoms with Crippen molar-refractivity contribution in [3.05, 3.63) is 28.2 Å². The van der Waals surface area contributed by atoms with Crippen LogP contribution in [-0.2, 0) is 19.1 Å². The van der Waals surface area contributed by atoms with Crippen LogP contribution < -0.4 is 0 Å². The summed E-state index contributed by atoms with van der Waals surface area (Å²) >= 11 is 3.03. The van der Waals surface area contributed by atoms with Crippen LogP contribution in [0.15, 0.2) is 16.7 Å². The molecule has 0 aromatic carbocycles. The van der Waals surface area contributed by atoms with Crippen LogP contribution in [0.5, 0.6) is 0 Å². The van der Waals surface area contributed by atoms with Crippen molar-refractivity contribution in [3.8, 4) is 0 Å². The molecule has 0 aliphatic rings. The summed E-state index contributed by atoms with van der Waals surface area (Å²) in [6.45, 7) is 1.65. The molecule has 0 saturated heterocycles. The molecule has 0 N–H and O–H groups in total. The Hall–Kier alpha value is -1.50. The summed E-state index contributed by atoms with van der Waals surface area (Å²) < 4.78 is 23.3. The van der Waals surface area contributed by atoms with Gasteiger partial charge in [-0.2, -0.15) is 0 Å².